The van der Waals surface area contributed by atoms with Crippen LogP contribution in [0.25, 0.3) is 0 Å². The van der Waals surface area contributed by atoms with Gasteiger partial charge in [0.2, 0.25) is 10.0 Å². The first-order valence-electron chi connectivity index (χ1n) is 5.26. The maximum atomic E-state index is 11.0. The summed E-state index contributed by atoms with van der Waals surface area (Å²) in [6, 6.07) is 2.96. The summed E-state index contributed by atoms with van der Waals surface area (Å²) in [5.74, 6) is 0. The Morgan fingerprint density at radius 2 is 2.00 bits per heavy atom. The number of rotatable bonds is 3. The Morgan fingerprint density at radius 3 is 2.35 bits per heavy atom. The molecule has 0 fully saturated rings. The lowest BCUT2D eigenvalue weighted by atomic mass is 9.86. The molecule has 0 aliphatic heterocycles. The molecule has 0 amide bonds. The second kappa shape index (κ2) is 4.72. The fourth-order valence-electron chi connectivity index (χ4n) is 1.20. The van der Waals surface area contributed by atoms with Gasteiger partial charge in [0, 0.05) is 18.3 Å². The molecule has 0 aliphatic carbocycles. The summed E-state index contributed by atoms with van der Waals surface area (Å²) in [5.41, 5.74) is 0.403. The lowest BCUT2D eigenvalue weighted by Gasteiger charge is -2.25. The molecule has 1 aromatic rings. The Kier molecular flexibility index (Phi) is 3.91. The third-order valence-corrected chi connectivity index (χ3v) is 3.43. The zero-order valence-corrected chi connectivity index (χ0v) is 11.0. The zero-order valence-electron chi connectivity index (χ0n) is 10.2. The number of nitrogens with two attached hydrogens (primary N) is 1. The maximum Gasteiger partial charge on any atom is 0.239 e. The van der Waals surface area contributed by atoms with Crippen molar-refractivity contribution in [3.63, 3.8) is 0 Å². The van der Waals surface area contributed by atoms with Gasteiger partial charge < -0.3 is 5.11 Å². The number of aromatic nitrogens is 1. The summed E-state index contributed by atoms with van der Waals surface area (Å²) in [6.07, 6.45) is 1.06. The average molecular weight is 258 g/mol. The van der Waals surface area contributed by atoms with E-state index in [1.54, 1.807) is 6.07 Å². The van der Waals surface area contributed by atoms with E-state index in [-0.39, 0.29) is 10.3 Å². The van der Waals surface area contributed by atoms with Crippen molar-refractivity contribution in [2.45, 2.75) is 38.2 Å². The predicted molar refractivity (Wildman–Crippen MR) is 64.8 cm³/mol. The van der Waals surface area contributed by atoms with Crippen LogP contribution in [-0.4, -0.2) is 24.6 Å². The van der Waals surface area contributed by atoms with Crippen LogP contribution in [0.3, 0.4) is 0 Å². The highest BCUT2D eigenvalue weighted by Gasteiger charge is 2.22. The van der Waals surface area contributed by atoms with Crippen molar-refractivity contribution in [3.05, 3.63) is 24.0 Å². The van der Waals surface area contributed by atoms with E-state index in [1.165, 1.54) is 12.3 Å². The summed E-state index contributed by atoms with van der Waals surface area (Å²) in [6.45, 7) is 5.78. The van der Waals surface area contributed by atoms with Gasteiger partial charge in [0.15, 0.2) is 0 Å². The molecule has 0 radical (unpaired) electrons. The third-order valence-electron chi connectivity index (χ3n) is 2.53. The molecule has 1 aromatic heterocycles. The van der Waals surface area contributed by atoms with Gasteiger partial charge in [-0.15, -0.1) is 0 Å². The number of pyridine rings is 1. The average Bonchev–Trinajstić information content (AvgIpc) is 2.15. The van der Waals surface area contributed by atoms with Crippen molar-refractivity contribution < 1.29 is 13.5 Å². The molecule has 0 spiro atoms. The van der Waals surface area contributed by atoms with Crippen LogP contribution in [0.2, 0.25) is 0 Å². The molecule has 0 saturated heterocycles. The molecule has 3 N–H and O–H groups in total. The number of hydrogen-bond acceptors (Lipinski definition) is 4. The van der Waals surface area contributed by atoms with Crippen LogP contribution >= 0.6 is 0 Å². The molecular weight excluding hydrogens is 240 g/mol. The lowest BCUT2D eigenvalue weighted by molar-refractivity contribution is 0.0627. The maximum absolute atomic E-state index is 11.0. The van der Waals surface area contributed by atoms with Crippen molar-refractivity contribution in [1.82, 2.24) is 4.98 Å². The van der Waals surface area contributed by atoms with Gasteiger partial charge in [0.1, 0.15) is 4.90 Å². The summed E-state index contributed by atoms with van der Waals surface area (Å²) < 4.78 is 22.0. The van der Waals surface area contributed by atoms with Crippen molar-refractivity contribution in [2.24, 2.45) is 10.6 Å². The smallest absolute Gasteiger partial charge is 0.239 e. The molecule has 5 nitrogen and oxygen atoms in total. The number of aliphatic hydroxyl groups excluding tert-OH is 1. The Morgan fingerprint density at radius 1 is 1.41 bits per heavy atom. The summed E-state index contributed by atoms with van der Waals surface area (Å²) in [5, 5.41) is 14.8. The van der Waals surface area contributed by atoms with Crippen molar-refractivity contribution in [1.29, 1.82) is 0 Å². The van der Waals surface area contributed by atoms with Crippen molar-refractivity contribution >= 4 is 10.0 Å². The highest BCUT2D eigenvalue weighted by atomic mass is 32.2. The molecule has 0 saturated carbocycles. The van der Waals surface area contributed by atoms with Gasteiger partial charge in [-0.05, 0) is 17.5 Å². The number of primary sulfonamides is 1. The molecule has 1 heterocycles. The molecule has 0 aliphatic rings. The molecule has 96 valence electrons. The SMILES string of the molecule is CC(C)(C)C(O)Cc1ccc(S(N)(=O)=O)cn1. The molecule has 6 heteroatoms. The fourth-order valence-corrected chi connectivity index (χ4v) is 1.66. The van der Waals surface area contributed by atoms with Crippen LogP contribution in [0.15, 0.2) is 23.2 Å². The third kappa shape index (κ3) is 4.07. The standard InChI is InChI=1S/C11H18N2O3S/c1-11(2,3)10(14)6-8-4-5-9(7-13-8)17(12,15)16/h4-5,7,10,14H,6H2,1-3H3,(H2,12,15,16). The quantitative estimate of drug-likeness (QED) is 0.833. The monoisotopic (exact) mass is 258 g/mol. The van der Waals surface area contributed by atoms with Crippen LogP contribution in [0.1, 0.15) is 26.5 Å². The molecule has 1 unspecified atom stereocenters. The normalized spacial score (nSPS) is 14.6. The Hall–Kier alpha value is -0.980. The van der Waals surface area contributed by atoms with Gasteiger partial charge >= 0.3 is 0 Å². The summed E-state index contributed by atoms with van der Waals surface area (Å²) >= 11 is 0. The topological polar surface area (TPSA) is 93.3 Å². The Balaban J connectivity index is 2.83. The zero-order chi connectivity index (χ0) is 13.3. The Labute approximate surface area is 102 Å². The van der Waals surface area contributed by atoms with Crippen molar-refractivity contribution in [2.75, 3.05) is 0 Å². The van der Waals surface area contributed by atoms with E-state index < -0.39 is 16.1 Å². The molecule has 0 bridgehead atoms. The van der Waals surface area contributed by atoms with Gasteiger partial charge in [0.05, 0.1) is 6.10 Å². The number of sulfonamides is 1. The highest BCUT2D eigenvalue weighted by Crippen LogP contribution is 2.21. The largest absolute Gasteiger partial charge is 0.392 e. The molecule has 17 heavy (non-hydrogen) atoms. The first kappa shape index (κ1) is 14.1. The minimum absolute atomic E-state index is 0.0218. The van der Waals surface area contributed by atoms with E-state index in [0.29, 0.717) is 12.1 Å². The molecular formula is C11H18N2O3S. The minimum Gasteiger partial charge on any atom is -0.392 e. The van der Waals surface area contributed by atoms with E-state index in [9.17, 15) is 13.5 Å². The van der Waals surface area contributed by atoms with E-state index in [0.717, 1.165) is 0 Å². The lowest BCUT2D eigenvalue weighted by Crippen LogP contribution is -2.28. The predicted octanol–water partition coefficient (Wildman–Crippen LogP) is 0.679. The summed E-state index contributed by atoms with van der Waals surface area (Å²) in [7, 11) is -3.70. The van der Waals surface area contributed by atoms with Gasteiger partial charge in [-0.2, -0.15) is 0 Å². The van der Waals surface area contributed by atoms with Gasteiger partial charge in [-0.25, -0.2) is 13.6 Å². The van der Waals surface area contributed by atoms with E-state index >= 15 is 0 Å². The minimum atomic E-state index is -3.70. The Bertz CT molecular complexity index is 474. The molecule has 1 rings (SSSR count). The number of hydrogen-bond donors (Lipinski definition) is 2. The first-order chi connectivity index (χ1) is 7.60. The van der Waals surface area contributed by atoms with Crippen LogP contribution in [-0.2, 0) is 16.4 Å². The van der Waals surface area contributed by atoms with Gasteiger partial charge in [-0.3, -0.25) is 4.98 Å². The second-order valence-electron chi connectivity index (χ2n) is 5.12. The summed E-state index contributed by atoms with van der Waals surface area (Å²) in [4.78, 5) is 3.96. The number of nitrogens with zero attached hydrogens (tertiary/aromatic N) is 1. The van der Waals surface area contributed by atoms with Crippen molar-refractivity contribution in [3.8, 4) is 0 Å². The number of aliphatic hydroxyl groups is 1. The highest BCUT2D eigenvalue weighted by molar-refractivity contribution is 7.89. The van der Waals surface area contributed by atoms with Crippen LogP contribution in [0.5, 0.6) is 0 Å². The van der Waals surface area contributed by atoms with Crippen LogP contribution in [0, 0.1) is 5.41 Å². The fraction of sp³-hybridized carbons (Fsp3) is 0.545. The van der Waals surface area contributed by atoms with Crippen LogP contribution < -0.4 is 5.14 Å². The molecule has 1 atom stereocenters. The van der Waals surface area contributed by atoms with Gasteiger partial charge in [0.25, 0.3) is 0 Å². The van der Waals surface area contributed by atoms with E-state index in [4.69, 9.17) is 5.14 Å². The van der Waals surface area contributed by atoms with E-state index in [2.05, 4.69) is 4.98 Å². The van der Waals surface area contributed by atoms with Crippen LogP contribution in [0.4, 0.5) is 0 Å². The van der Waals surface area contributed by atoms with E-state index in [1.807, 2.05) is 20.8 Å². The molecule has 0 aromatic carbocycles. The first-order valence-corrected chi connectivity index (χ1v) is 6.81. The van der Waals surface area contributed by atoms with Gasteiger partial charge in [-0.1, -0.05) is 20.8 Å². The second-order valence-corrected chi connectivity index (χ2v) is 6.68.